The summed E-state index contributed by atoms with van der Waals surface area (Å²) in [6.07, 6.45) is 1.72. The van der Waals surface area contributed by atoms with Gasteiger partial charge in [0.2, 0.25) is 0 Å². The van der Waals surface area contributed by atoms with Crippen molar-refractivity contribution < 1.29 is 4.74 Å². The first kappa shape index (κ1) is 11.4. The quantitative estimate of drug-likeness (QED) is 0.741. The van der Waals surface area contributed by atoms with E-state index in [9.17, 15) is 0 Å². The highest BCUT2D eigenvalue weighted by Crippen LogP contribution is 2.26. The molecular formula is C12H24N2O. The lowest BCUT2D eigenvalue weighted by Crippen LogP contribution is -2.51. The van der Waals surface area contributed by atoms with Crippen LogP contribution < -0.4 is 5.32 Å². The minimum absolute atomic E-state index is 0.381. The number of nitrogens with one attached hydrogen (secondary N) is 1. The minimum Gasteiger partial charge on any atom is -0.374 e. The van der Waals surface area contributed by atoms with Crippen LogP contribution in [0.3, 0.4) is 0 Å². The Morgan fingerprint density at radius 1 is 1.40 bits per heavy atom. The van der Waals surface area contributed by atoms with Crippen molar-refractivity contribution in [2.75, 3.05) is 26.2 Å². The number of likely N-dealkylation sites (tertiary alicyclic amines) is 1. The Labute approximate surface area is 93.2 Å². The first-order chi connectivity index (χ1) is 7.18. The molecule has 3 heteroatoms. The summed E-state index contributed by atoms with van der Waals surface area (Å²) in [5, 5.41) is 3.41. The maximum Gasteiger partial charge on any atom is 0.0852 e. The van der Waals surface area contributed by atoms with E-state index in [2.05, 4.69) is 31.0 Å². The fourth-order valence-corrected chi connectivity index (χ4v) is 3.01. The molecule has 88 valence electrons. The van der Waals surface area contributed by atoms with Gasteiger partial charge in [-0.25, -0.2) is 0 Å². The fourth-order valence-electron chi connectivity index (χ4n) is 3.01. The first-order valence-corrected chi connectivity index (χ1v) is 6.26. The maximum absolute atomic E-state index is 5.83. The molecule has 0 saturated carbocycles. The molecule has 3 nitrogen and oxygen atoms in total. The minimum atomic E-state index is 0.381. The van der Waals surface area contributed by atoms with E-state index in [1.165, 1.54) is 13.0 Å². The van der Waals surface area contributed by atoms with E-state index >= 15 is 0 Å². The number of rotatable bonds is 2. The van der Waals surface area contributed by atoms with E-state index in [0.717, 1.165) is 31.7 Å². The normalized spacial score (nSPS) is 40.6. The van der Waals surface area contributed by atoms with Crippen LogP contribution in [0.5, 0.6) is 0 Å². The van der Waals surface area contributed by atoms with Crippen molar-refractivity contribution in [3.05, 3.63) is 0 Å². The third-order valence-electron chi connectivity index (χ3n) is 3.85. The van der Waals surface area contributed by atoms with Gasteiger partial charge in [0.25, 0.3) is 0 Å². The van der Waals surface area contributed by atoms with Gasteiger partial charge in [0.15, 0.2) is 0 Å². The average Bonchev–Trinajstić information content (AvgIpc) is 2.58. The highest BCUT2D eigenvalue weighted by atomic mass is 16.5. The van der Waals surface area contributed by atoms with E-state index in [0.29, 0.717) is 12.1 Å². The van der Waals surface area contributed by atoms with E-state index in [1.54, 1.807) is 0 Å². The number of ether oxygens (including phenoxy) is 1. The third-order valence-corrected chi connectivity index (χ3v) is 3.85. The van der Waals surface area contributed by atoms with Gasteiger partial charge in [-0.3, -0.25) is 4.90 Å². The molecule has 0 amide bonds. The third kappa shape index (κ3) is 2.52. The maximum atomic E-state index is 5.83. The second kappa shape index (κ2) is 4.81. The highest BCUT2D eigenvalue weighted by molar-refractivity contribution is 4.88. The van der Waals surface area contributed by atoms with Gasteiger partial charge in [0.1, 0.15) is 0 Å². The smallest absolute Gasteiger partial charge is 0.0852 e. The summed E-state index contributed by atoms with van der Waals surface area (Å²) in [7, 11) is 0. The van der Waals surface area contributed by atoms with Gasteiger partial charge in [0, 0.05) is 31.7 Å². The van der Waals surface area contributed by atoms with E-state index in [1.807, 2.05) is 0 Å². The lowest BCUT2D eigenvalue weighted by atomic mass is 10.1. The molecule has 0 aromatic rings. The topological polar surface area (TPSA) is 24.5 Å². The molecule has 0 aromatic heterocycles. The molecule has 2 rings (SSSR count). The molecule has 2 fully saturated rings. The standard InChI is InChI=1S/C12H24N2O/c1-9-6-10(2)14(8-9)11(3)12-7-13-4-5-15-12/h9-13H,4-8H2,1-3H3. The lowest BCUT2D eigenvalue weighted by molar-refractivity contribution is -0.0283. The van der Waals surface area contributed by atoms with Gasteiger partial charge in [-0.2, -0.15) is 0 Å². The van der Waals surface area contributed by atoms with Crippen LogP contribution in [0.1, 0.15) is 27.2 Å². The zero-order valence-electron chi connectivity index (χ0n) is 10.2. The predicted octanol–water partition coefficient (Wildman–Crippen LogP) is 1.09. The van der Waals surface area contributed by atoms with E-state index < -0.39 is 0 Å². The Morgan fingerprint density at radius 2 is 2.20 bits per heavy atom. The van der Waals surface area contributed by atoms with Crippen LogP contribution >= 0.6 is 0 Å². The average molecular weight is 212 g/mol. The van der Waals surface area contributed by atoms with Crippen molar-refractivity contribution in [2.45, 2.75) is 45.4 Å². The van der Waals surface area contributed by atoms with Crippen molar-refractivity contribution in [1.82, 2.24) is 10.2 Å². The molecule has 1 N–H and O–H groups in total. The molecule has 2 saturated heterocycles. The highest BCUT2D eigenvalue weighted by Gasteiger charge is 2.34. The predicted molar refractivity (Wildman–Crippen MR) is 62.0 cm³/mol. The molecule has 4 unspecified atom stereocenters. The summed E-state index contributed by atoms with van der Waals surface area (Å²) in [4.78, 5) is 2.61. The van der Waals surface area contributed by atoms with E-state index in [-0.39, 0.29) is 0 Å². The SMILES string of the molecule is CC1CC(C)N(C(C)C2CNCCO2)C1. The van der Waals surface area contributed by atoms with E-state index in [4.69, 9.17) is 4.74 Å². The summed E-state index contributed by atoms with van der Waals surface area (Å²) in [5.74, 6) is 0.846. The number of hydrogen-bond acceptors (Lipinski definition) is 3. The van der Waals surface area contributed by atoms with Gasteiger partial charge in [0.05, 0.1) is 12.7 Å². The van der Waals surface area contributed by atoms with Gasteiger partial charge >= 0.3 is 0 Å². The summed E-state index contributed by atoms with van der Waals surface area (Å²) < 4.78 is 5.83. The molecule has 2 heterocycles. The van der Waals surface area contributed by atoms with Gasteiger partial charge in [-0.15, -0.1) is 0 Å². The van der Waals surface area contributed by atoms with Gasteiger partial charge in [-0.1, -0.05) is 6.92 Å². The van der Waals surface area contributed by atoms with Crippen molar-refractivity contribution in [1.29, 1.82) is 0 Å². The molecule has 0 radical (unpaired) electrons. The lowest BCUT2D eigenvalue weighted by Gasteiger charge is -2.36. The summed E-state index contributed by atoms with van der Waals surface area (Å²) >= 11 is 0. The van der Waals surface area contributed by atoms with Crippen molar-refractivity contribution in [3.63, 3.8) is 0 Å². The van der Waals surface area contributed by atoms with Gasteiger partial charge < -0.3 is 10.1 Å². The van der Waals surface area contributed by atoms with Crippen molar-refractivity contribution >= 4 is 0 Å². The van der Waals surface area contributed by atoms with Crippen LogP contribution in [0.4, 0.5) is 0 Å². The molecule has 0 aliphatic carbocycles. The summed E-state index contributed by atoms with van der Waals surface area (Å²) in [6.45, 7) is 11.1. The number of nitrogens with zero attached hydrogens (tertiary/aromatic N) is 1. The Hall–Kier alpha value is -0.120. The Balaban J connectivity index is 1.91. The monoisotopic (exact) mass is 212 g/mol. The largest absolute Gasteiger partial charge is 0.374 e. The summed E-state index contributed by atoms with van der Waals surface area (Å²) in [6, 6.07) is 1.28. The molecular weight excluding hydrogens is 188 g/mol. The zero-order chi connectivity index (χ0) is 10.8. The Kier molecular flexibility index (Phi) is 3.65. The molecule has 4 atom stereocenters. The molecule has 0 aromatic carbocycles. The molecule has 0 bridgehead atoms. The van der Waals surface area contributed by atoms with Crippen LogP contribution in [0.25, 0.3) is 0 Å². The van der Waals surface area contributed by atoms with Crippen molar-refractivity contribution in [3.8, 4) is 0 Å². The Bertz CT molecular complexity index is 204. The second-order valence-corrected chi connectivity index (χ2v) is 5.24. The number of morpholine rings is 1. The van der Waals surface area contributed by atoms with Crippen LogP contribution in [0.2, 0.25) is 0 Å². The zero-order valence-corrected chi connectivity index (χ0v) is 10.2. The molecule has 15 heavy (non-hydrogen) atoms. The van der Waals surface area contributed by atoms with Crippen LogP contribution in [0.15, 0.2) is 0 Å². The van der Waals surface area contributed by atoms with Crippen LogP contribution in [-0.4, -0.2) is 49.3 Å². The molecule has 0 spiro atoms. The molecule has 2 aliphatic rings. The second-order valence-electron chi connectivity index (χ2n) is 5.24. The molecule has 2 aliphatic heterocycles. The number of hydrogen-bond donors (Lipinski definition) is 1. The Morgan fingerprint density at radius 3 is 2.73 bits per heavy atom. The van der Waals surface area contributed by atoms with Crippen LogP contribution in [-0.2, 0) is 4.74 Å². The summed E-state index contributed by atoms with van der Waals surface area (Å²) in [5.41, 5.74) is 0. The van der Waals surface area contributed by atoms with Crippen molar-refractivity contribution in [2.24, 2.45) is 5.92 Å². The first-order valence-electron chi connectivity index (χ1n) is 6.26. The van der Waals surface area contributed by atoms with Gasteiger partial charge in [-0.05, 0) is 26.2 Å². The fraction of sp³-hybridized carbons (Fsp3) is 1.00. The van der Waals surface area contributed by atoms with Crippen LogP contribution in [0, 0.1) is 5.92 Å².